The summed E-state index contributed by atoms with van der Waals surface area (Å²) in [6, 6.07) is 10.7. The zero-order chi connectivity index (χ0) is 49.1. The zero-order valence-corrected chi connectivity index (χ0v) is 39.1. The van der Waals surface area contributed by atoms with Crippen molar-refractivity contribution >= 4 is 83.0 Å². The van der Waals surface area contributed by atoms with Crippen molar-refractivity contribution in [1.82, 2.24) is 33.4 Å². The maximum atomic E-state index is 13.7. The van der Waals surface area contributed by atoms with Gasteiger partial charge in [0.2, 0.25) is 11.7 Å². The molecule has 0 saturated carbocycles. The summed E-state index contributed by atoms with van der Waals surface area (Å²) in [6.07, 6.45) is 8.88. The Balaban J connectivity index is 0.836. The van der Waals surface area contributed by atoms with E-state index >= 15 is 0 Å². The van der Waals surface area contributed by atoms with E-state index in [0.717, 1.165) is 10.3 Å². The number of imidazole rings is 1. The van der Waals surface area contributed by atoms with E-state index < -0.39 is 25.5 Å². The van der Waals surface area contributed by atoms with Crippen molar-refractivity contribution in [3.8, 4) is 11.5 Å². The molecule has 6 aromatic rings. The van der Waals surface area contributed by atoms with E-state index in [4.69, 9.17) is 18.7 Å². The molecule has 2 aliphatic heterocycles. The molecule has 0 aliphatic carbocycles. The van der Waals surface area contributed by atoms with Crippen LogP contribution in [-0.4, -0.2) is 121 Å². The Hall–Kier alpha value is -7.85. The first kappa shape index (κ1) is 47.6. The smallest absolute Gasteiger partial charge is 0.430 e. The van der Waals surface area contributed by atoms with Crippen LogP contribution in [0.3, 0.4) is 0 Å². The summed E-state index contributed by atoms with van der Waals surface area (Å²) in [5.74, 6) is -1.30. The van der Waals surface area contributed by atoms with Crippen LogP contribution in [0.25, 0.3) is 10.9 Å². The highest BCUT2D eigenvalue weighted by Crippen LogP contribution is 2.42. The normalized spacial score (nSPS) is 15.0. The molecule has 6 heterocycles. The quantitative estimate of drug-likeness (QED) is 0.0426. The Labute approximate surface area is 394 Å². The molecule has 360 valence electrons. The number of anilines is 4. The fourth-order valence-electron chi connectivity index (χ4n) is 7.85. The van der Waals surface area contributed by atoms with Gasteiger partial charge >= 0.3 is 7.75 Å². The summed E-state index contributed by atoms with van der Waals surface area (Å²) in [6.45, 7) is 4.65. The van der Waals surface area contributed by atoms with Crippen LogP contribution in [0.4, 0.5) is 28.6 Å². The Kier molecular flexibility index (Phi) is 13.7. The third kappa shape index (κ3) is 10.5. The summed E-state index contributed by atoms with van der Waals surface area (Å²) in [5.41, 5.74) is 3.35. The predicted octanol–water partition coefficient (Wildman–Crippen LogP) is 5.11. The number of aromatic nitrogens is 6. The van der Waals surface area contributed by atoms with Gasteiger partial charge in [-0.25, -0.2) is 9.55 Å². The SMILES string of the molecule is C=C1C[C@H]2C=Nc3cc(OCCCC(=O)Nc4cn(C)c(C(=O)Nc5cc(C(=O)Nc6cc(C(=O)n7ncc8ccc(NP(=O)(O)OCCOC)cc87)n(C)c6)n(C)c5)n4)c(OC)cc3C(=O)N2C1. The number of hydrogen-bond acceptors (Lipinski definition) is 13. The second kappa shape index (κ2) is 19.8. The van der Waals surface area contributed by atoms with Gasteiger partial charge in [-0.3, -0.25) is 38.6 Å². The van der Waals surface area contributed by atoms with E-state index in [1.165, 1.54) is 58.5 Å². The lowest BCUT2D eigenvalue weighted by Gasteiger charge is -2.20. The minimum absolute atomic E-state index is 0.00965. The van der Waals surface area contributed by atoms with Crippen LogP contribution < -0.4 is 30.5 Å². The third-order valence-corrected chi connectivity index (χ3v) is 12.2. The van der Waals surface area contributed by atoms with Gasteiger partial charge in [0.05, 0.1) is 67.3 Å². The topological polar surface area (TPSA) is 269 Å². The summed E-state index contributed by atoms with van der Waals surface area (Å²) in [5, 5.41) is 15.5. The molecule has 1 unspecified atom stereocenters. The maximum Gasteiger partial charge on any atom is 0.430 e. The Morgan fingerprint density at radius 1 is 0.870 bits per heavy atom. The highest BCUT2D eigenvalue weighted by atomic mass is 31.2. The van der Waals surface area contributed by atoms with Gasteiger partial charge in [0.1, 0.15) is 11.4 Å². The number of hydrogen-bond donors (Lipinski definition) is 5. The molecule has 8 rings (SSSR count). The number of aliphatic imine (C=N–C) groups is 1. The molecule has 5 N–H and O–H groups in total. The van der Waals surface area contributed by atoms with Gasteiger partial charge in [0, 0.05) is 83.2 Å². The van der Waals surface area contributed by atoms with Crippen LogP contribution in [0.5, 0.6) is 11.5 Å². The molecule has 1 fully saturated rings. The van der Waals surface area contributed by atoms with Crippen molar-refractivity contribution < 1.29 is 52.2 Å². The molecule has 0 spiro atoms. The highest BCUT2D eigenvalue weighted by molar-refractivity contribution is 7.54. The first-order chi connectivity index (χ1) is 33.0. The number of nitrogens with zero attached hydrogens (tertiary/aromatic N) is 8. The van der Waals surface area contributed by atoms with Crippen molar-refractivity contribution in [3.63, 3.8) is 0 Å². The first-order valence-electron chi connectivity index (χ1n) is 21.4. The number of carbonyl (C=O) groups excluding carboxylic acids is 5. The second-order valence-corrected chi connectivity index (χ2v) is 17.8. The van der Waals surface area contributed by atoms with Crippen LogP contribution in [0.1, 0.15) is 61.2 Å². The van der Waals surface area contributed by atoms with Crippen molar-refractivity contribution in [2.45, 2.75) is 25.3 Å². The van der Waals surface area contributed by atoms with E-state index in [1.807, 2.05) is 0 Å². The summed E-state index contributed by atoms with van der Waals surface area (Å²) >= 11 is 0. The molecular weight excluding hydrogens is 916 g/mol. The number of methoxy groups -OCH3 is 2. The zero-order valence-electron chi connectivity index (χ0n) is 38.2. The van der Waals surface area contributed by atoms with Gasteiger partial charge in [-0.1, -0.05) is 12.2 Å². The number of carbonyl (C=O) groups is 5. The standard InChI is InChI=1S/C45H49N12O11P/c1-26-14-31-21-46-33-19-38(37(66-6)18-32(33)44(61)56(31)22-26)67-11-7-8-40(58)50-39-25-55(4)41(51-39)43(60)49-29-16-35(53(2)23-29)42(59)48-30-17-36(54(3)24-30)45(62)57-34-15-28(10-9-27(34)20-47-57)52-69(63,64)68-13-12-65-5/h9-10,15-21,23-25,31H,1,7-8,11-14,22H2,2-6H3,(H,48,59)(H,49,60)(H,50,58)(H2,52,63,64)/t31-/m0/s1. The molecule has 23 nitrogen and oxygen atoms in total. The second-order valence-electron chi connectivity index (χ2n) is 16.3. The number of benzene rings is 2. The van der Waals surface area contributed by atoms with Gasteiger partial charge in [0.25, 0.3) is 23.6 Å². The number of ether oxygens (including phenoxy) is 3. The van der Waals surface area contributed by atoms with Gasteiger partial charge in [0.15, 0.2) is 17.3 Å². The van der Waals surface area contributed by atoms with E-state index in [0.29, 0.717) is 64.4 Å². The summed E-state index contributed by atoms with van der Waals surface area (Å²) in [4.78, 5) is 87.5. The van der Waals surface area contributed by atoms with Crippen LogP contribution in [0.15, 0.2) is 84.4 Å². The number of rotatable bonds is 18. The van der Waals surface area contributed by atoms with Gasteiger partial charge in [-0.15, -0.1) is 0 Å². The number of aryl methyl sites for hydroxylation is 3. The van der Waals surface area contributed by atoms with Gasteiger partial charge in [-0.2, -0.15) is 9.78 Å². The largest absolute Gasteiger partial charge is 0.493 e. The van der Waals surface area contributed by atoms with Gasteiger partial charge in [-0.05, 0) is 49.2 Å². The lowest BCUT2D eigenvalue weighted by Crippen LogP contribution is -2.35. The molecule has 2 aliphatic rings. The number of amides is 4. The highest BCUT2D eigenvalue weighted by Gasteiger charge is 2.34. The monoisotopic (exact) mass is 964 g/mol. The van der Waals surface area contributed by atoms with Crippen LogP contribution >= 0.6 is 7.75 Å². The average molecular weight is 965 g/mol. The van der Waals surface area contributed by atoms with E-state index in [-0.39, 0.29) is 72.8 Å². The fourth-order valence-corrected chi connectivity index (χ4v) is 8.70. The van der Waals surface area contributed by atoms with Crippen molar-refractivity contribution in [2.24, 2.45) is 26.1 Å². The molecule has 4 amide bonds. The van der Waals surface area contributed by atoms with Crippen molar-refractivity contribution in [3.05, 3.63) is 102 Å². The molecule has 2 aromatic carbocycles. The molecule has 2 atom stereocenters. The van der Waals surface area contributed by atoms with E-state index in [2.05, 4.69) is 42.7 Å². The molecular formula is C45H49N12O11P. The fraction of sp³-hybridized carbons (Fsp3) is 0.289. The van der Waals surface area contributed by atoms with E-state index in [9.17, 15) is 33.4 Å². The molecule has 0 radical (unpaired) electrons. The van der Waals surface area contributed by atoms with Crippen LogP contribution in [0.2, 0.25) is 0 Å². The Bertz CT molecular complexity index is 3110. The molecule has 0 bridgehead atoms. The van der Waals surface area contributed by atoms with Crippen LogP contribution in [0, 0.1) is 0 Å². The molecule has 69 heavy (non-hydrogen) atoms. The van der Waals surface area contributed by atoms with E-state index in [1.54, 1.807) is 68.9 Å². The first-order valence-corrected chi connectivity index (χ1v) is 23.0. The third-order valence-electron chi connectivity index (χ3n) is 11.2. The van der Waals surface area contributed by atoms with Crippen molar-refractivity contribution in [2.75, 3.05) is 61.6 Å². The number of nitrogens with one attached hydrogen (secondary N) is 4. The summed E-state index contributed by atoms with van der Waals surface area (Å²) in [7, 11) is 3.53. The van der Waals surface area contributed by atoms with Gasteiger partial charge < -0.3 is 53.7 Å². The minimum Gasteiger partial charge on any atom is -0.493 e. The molecule has 1 saturated heterocycles. The summed E-state index contributed by atoms with van der Waals surface area (Å²) < 4.78 is 39.4. The molecule has 4 aromatic heterocycles. The average Bonchev–Trinajstić information content (AvgIpc) is 4.13. The minimum atomic E-state index is -4.23. The Morgan fingerprint density at radius 2 is 1.61 bits per heavy atom. The maximum absolute atomic E-state index is 13.7. The lowest BCUT2D eigenvalue weighted by molar-refractivity contribution is -0.116. The predicted molar refractivity (Wildman–Crippen MR) is 254 cm³/mol. The lowest BCUT2D eigenvalue weighted by atomic mass is 10.1. The number of fused-ring (bicyclic) bond motifs is 3. The Morgan fingerprint density at radius 3 is 2.36 bits per heavy atom. The molecule has 24 heteroatoms. The van der Waals surface area contributed by atoms with Crippen LogP contribution in [-0.2, 0) is 39.8 Å². The van der Waals surface area contributed by atoms with Crippen molar-refractivity contribution in [1.29, 1.82) is 0 Å².